The van der Waals surface area contributed by atoms with Gasteiger partial charge in [0.25, 0.3) is 0 Å². The Kier molecular flexibility index (Phi) is 2.96. The van der Waals surface area contributed by atoms with Crippen LogP contribution < -0.4 is 0 Å². The van der Waals surface area contributed by atoms with Gasteiger partial charge >= 0.3 is 0 Å². The van der Waals surface area contributed by atoms with Crippen molar-refractivity contribution >= 4 is 5.71 Å². The van der Waals surface area contributed by atoms with Crippen molar-refractivity contribution in [3.63, 3.8) is 0 Å². The Labute approximate surface area is 111 Å². The summed E-state index contributed by atoms with van der Waals surface area (Å²) in [5.74, 6) is 4.59. The highest BCUT2D eigenvalue weighted by atomic mass is 14.8. The maximum Gasteiger partial charge on any atom is 0.0265 e. The minimum absolute atomic E-state index is 0.651. The molecule has 3 rings (SSSR count). The summed E-state index contributed by atoms with van der Waals surface area (Å²) in [7, 11) is 0. The molecular formula is C17H25N. The van der Waals surface area contributed by atoms with Crippen LogP contribution in [0.3, 0.4) is 0 Å². The van der Waals surface area contributed by atoms with Crippen molar-refractivity contribution in [1.29, 1.82) is 0 Å². The van der Waals surface area contributed by atoms with E-state index in [4.69, 9.17) is 4.99 Å². The fourth-order valence-electron chi connectivity index (χ4n) is 4.26. The van der Waals surface area contributed by atoms with Crippen molar-refractivity contribution in [3.8, 4) is 0 Å². The lowest BCUT2D eigenvalue weighted by molar-refractivity contribution is 0.287. The Morgan fingerprint density at radius 2 is 1.83 bits per heavy atom. The number of aliphatic imine (C=N–C) groups is 1. The zero-order valence-electron chi connectivity index (χ0n) is 12.1. The SMILES string of the molecule is CC(C)C1=CN=C(C2C3C=CC(C3)C2C(C)C)C1. The third kappa shape index (κ3) is 1.79. The number of rotatable bonds is 3. The van der Waals surface area contributed by atoms with Crippen molar-refractivity contribution in [1.82, 2.24) is 0 Å². The Bertz CT molecular complexity index is 425. The van der Waals surface area contributed by atoms with Gasteiger partial charge < -0.3 is 0 Å². The van der Waals surface area contributed by atoms with E-state index in [1.54, 1.807) is 0 Å². The summed E-state index contributed by atoms with van der Waals surface area (Å²) in [5, 5.41) is 0. The van der Waals surface area contributed by atoms with Crippen molar-refractivity contribution in [2.45, 2.75) is 40.5 Å². The molecule has 1 heteroatoms. The highest BCUT2D eigenvalue weighted by molar-refractivity contribution is 5.92. The molecule has 4 unspecified atom stereocenters. The molecule has 1 heterocycles. The van der Waals surface area contributed by atoms with Gasteiger partial charge in [0.15, 0.2) is 0 Å². The lowest BCUT2D eigenvalue weighted by Gasteiger charge is -2.31. The summed E-state index contributed by atoms with van der Waals surface area (Å²) in [6.07, 6.45) is 9.60. The number of nitrogens with zero attached hydrogens (tertiary/aromatic N) is 1. The molecule has 1 nitrogen and oxygen atoms in total. The molecule has 0 amide bonds. The van der Waals surface area contributed by atoms with Gasteiger partial charge in [-0.3, -0.25) is 4.99 Å². The summed E-state index contributed by atoms with van der Waals surface area (Å²) in [6, 6.07) is 0. The van der Waals surface area contributed by atoms with Crippen LogP contribution in [0.25, 0.3) is 0 Å². The summed E-state index contributed by atoms with van der Waals surface area (Å²) >= 11 is 0. The lowest BCUT2D eigenvalue weighted by Crippen LogP contribution is -2.30. The maximum atomic E-state index is 4.79. The molecule has 2 bridgehead atoms. The minimum atomic E-state index is 0.651. The summed E-state index contributed by atoms with van der Waals surface area (Å²) in [5.41, 5.74) is 3.01. The average Bonchev–Trinajstić information content (AvgIpc) is 3.02. The van der Waals surface area contributed by atoms with Gasteiger partial charge in [-0.05, 0) is 41.6 Å². The number of allylic oxidation sites excluding steroid dienone is 3. The molecule has 0 aromatic heterocycles. The fourth-order valence-corrected chi connectivity index (χ4v) is 4.26. The maximum absolute atomic E-state index is 4.79. The van der Waals surface area contributed by atoms with E-state index in [-0.39, 0.29) is 0 Å². The van der Waals surface area contributed by atoms with Crippen molar-refractivity contribution in [2.75, 3.05) is 0 Å². The van der Waals surface area contributed by atoms with Gasteiger partial charge in [-0.2, -0.15) is 0 Å². The molecule has 0 saturated heterocycles. The fraction of sp³-hybridized carbons (Fsp3) is 0.706. The highest BCUT2D eigenvalue weighted by Gasteiger charge is 2.48. The van der Waals surface area contributed by atoms with Crippen molar-refractivity contribution in [2.24, 2.45) is 40.5 Å². The molecule has 4 atom stereocenters. The van der Waals surface area contributed by atoms with Crippen LogP contribution in [0.4, 0.5) is 0 Å². The molecule has 1 aliphatic heterocycles. The van der Waals surface area contributed by atoms with Crippen LogP contribution in [-0.2, 0) is 0 Å². The predicted molar refractivity (Wildman–Crippen MR) is 77.5 cm³/mol. The first-order chi connectivity index (χ1) is 8.58. The van der Waals surface area contributed by atoms with Crippen LogP contribution in [0.15, 0.2) is 28.9 Å². The Hall–Kier alpha value is -0.850. The summed E-state index contributed by atoms with van der Waals surface area (Å²) in [6.45, 7) is 9.34. The first kappa shape index (κ1) is 12.2. The number of hydrogen-bond acceptors (Lipinski definition) is 1. The molecule has 0 spiro atoms. The van der Waals surface area contributed by atoms with Crippen LogP contribution in [0, 0.1) is 35.5 Å². The van der Waals surface area contributed by atoms with Gasteiger partial charge in [-0.25, -0.2) is 0 Å². The van der Waals surface area contributed by atoms with E-state index in [1.807, 2.05) is 0 Å². The molecule has 1 saturated carbocycles. The van der Waals surface area contributed by atoms with Gasteiger partial charge in [-0.15, -0.1) is 0 Å². The number of hydrogen-bond donors (Lipinski definition) is 0. The lowest BCUT2D eigenvalue weighted by atomic mass is 9.73. The van der Waals surface area contributed by atoms with Gasteiger partial charge in [0.2, 0.25) is 0 Å². The summed E-state index contributed by atoms with van der Waals surface area (Å²) < 4.78 is 0. The molecule has 0 radical (unpaired) electrons. The van der Waals surface area contributed by atoms with E-state index in [0.717, 1.165) is 36.0 Å². The Morgan fingerprint density at radius 3 is 2.44 bits per heavy atom. The molecule has 3 aliphatic rings. The number of fused-ring (bicyclic) bond motifs is 2. The van der Waals surface area contributed by atoms with Gasteiger partial charge in [-0.1, -0.05) is 39.8 Å². The first-order valence-corrected chi connectivity index (χ1v) is 7.51. The smallest absolute Gasteiger partial charge is 0.0265 e. The predicted octanol–water partition coefficient (Wildman–Crippen LogP) is 4.47. The van der Waals surface area contributed by atoms with Gasteiger partial charge in [0.05, 0.1) is 0 Å². The van der Waals surface area contributed by atoms with Crippen LogP contribution in [0.2, 0.25) is 0 Å². The van der Waals surface area contributed by atoms with E-state index < -0.39 is 0 Å². The van der Waals surface area contributed by atoms with E-state index >= 15 is 0 Å². The third-order valence-corrected chi connectivity index (χ3v) is 5.20. The minimum Gasteiger partial charge on any atom is -0.265 e. The second-order valence-corrected chi connectivity index (χ2v) is 6.95. The second-order valence-electron chi connectivity index (χ2n) is 6.95. The molecule has 0 N–H and O–H groups in total. The van der Waals surface area contributed by atoms with Crippen LogP contribution in [0.1, 0.15) is 40.5 Å². The molecular weight excluding hydrogens is 218 g/mol. The van der Waals surface area contributed by atoms with E-state index in [2.05, 4.69) is 46.0 Å². The van der Waals surface area contributed by atoms with Crippen molar-refractivity contribution in [3.05, 3.63) is 23.9 Å². The zero-order valence-corrected chi connectivity index (χ0v) is 12.1. The molecule has 1 fully saturated rings. The molecule has 0 aromatic carbocycles. The first-order valence-electron chi connectivity index (χ1n) is 7.51. The monoisotopic (exact) mass is 243 g/mol. The summed E-state index contributed by atoms with van der Waals surface area (Å²) in [4.78, 5) is 4.79. The van der Waals surface area contributed by atoms with Crippen LogP contribution >= 0.6 is 0 Å². The third-order valence-electron chi connectivity index (χ3n) is 5.20. The normalized spacial score (nSPS) is 37.9. The highest BCUT2D eigenvalue weighted by Crippen LogP contribution is 2.52. The average molecular weight is 243 g/mol. The molecule has 0 aromatic rings. The molecule has 2 aliphatic carbocycles. The van der Waals surface area contributed by atoms with Gasteiger partial charge in [0.1, 0.15) is 0 Å². The molecule has 98 valence electrons. The molecule has 18 heavy (non-hydrogen) atoms. The Balaban J connectivity index is 1.79. The topological polar surface area (TPSA) is 12.4 Å². The van der Waals surface area contributed by atoms with Crippen LogP contribution in [-0.4, -0.2) is 5.71 Å². The van der Waals surface area contributed by atoms with E-state index in [9.17, 15) is 0 Å². The van der Waals surface area contributed by atoms with Crippen molar-refractivity contribution < 1.29 is 0 Å². The second kappa shape index (κ2) is 4.36. The van der Waals surface area contributed by atoms with E-state index in [0.29, 0.717) is 5.92 Å². The van der Waals surface area contributed by atoms with E-state index in [1.165, 1.54) is 17.7 Å². The van der Waals surface area contributed by atoms with Crippen LogP contribution in [0.5, 0.6) is 0 Å². The largest absolute Gasteiger partial charge is 0.265 e. The Morgan fingerprint density at radius 1 is 1.11 bits per heavy atom. The quantitative estimate of drug-likeness (QED) is 0.649. The zero-order chi connectivity index (χ0) is 12.9. The standard InChI is InChI=1S/C17H25N/c1-10(2)14-8-15(18-9-14)17-13-6-5-12(7-13)16(17)11(3)4/h5-6,9-13,16-17H,7-8H2,1-4H3. The van der Waals surface area contributed by atoms with Gasteiger partial charge in [0, 0.05) is 24.3 Å².